The molecule has 0 atom stereocenters. The third-order valence-electron chi connectivity index (χ3n) is 2.89. The molecule has 2 aromatic rings. The van der Waals surface area contributed by atoms with E-state index in [0.717, 1.165) is 6.20 Å². The average Bonchev–Trinajstić information content (AvgIpc) is 2.84. The first kappa shape index (κ1) is 16.5. The predicted octanol–water partition coefficient (Wildman–Crippen LogP) is 1.22. The van der Waals surface area contributed by atoms with Crippen LogP contribution in [0.15, 0.2) is 30.7 Å². The van der Waals surface area contributed by atoms with Crippen LogP contribution in [-0.2, 0) is 6.54 Å². The van der Waals surface area contributed by atoms with Crippen LogP contribution in [0.3, 0.4) is 0 Å². The number of rotatable bonds is 3. The highest BCUT2D eigenvalue weighted by Gasteiger charge is 2.30. The Labute approximate surface area is 128 Å². The maximum atomic E-state index is 12.3. The van der Waals surface area contributed by atoms with Crippen LogP contribution in [0.4, 0.5) is 13.2 Å². The molecule has 2 heterocycles. The number of amides is 2. The average molecular weight is 327 g/mol. The predicted molar refractivity (Wildman–Crippen MR) is 72.2 cm³/mol. The molecule has 0 unspecified atom stereocenters. The highest BCUT2D eigenvalue weighted by molar-refractivity contribution is 5.99. The van der Waals surface area contributed by atoms with E-state index in [1.807, 2.05) is 0 Å². The molecule has 2 aromatic heterocycles. The maximum absolute atomic E-state index is 12.3. The largest absolute Gasteiger partial charge is 0.408 e. The Hall–Kier alpha value is -2.91. The Balaban J connectivity index is 2.00. The van der Waals surface area contributed by atoms with Gasteiger partial charge in [-0.25, -0.2) is 0 Å². The molecule has 0 aliphatic rings. The van der Waals surface area contributed by atoms with E-state index in [1.165, 1.54) is 25.4 Å². The van der Waals surface area contributed by atoms with Crippen molar-refractivity contribution in [2.75, 3.05) is 0 Å². The molecular weight excluding hydrogens is 315 g/mol. The minimum absolute atomic E-state index is 0.0375. The van der Waals surface area contributed by atoms with Gasteiger partial charge in [0, 0.05) is 18.1 Å². The van der Waals surface area contributed by atoms with Gasteiger partial charge in [-0.15, -0.1) is 0 Å². The van der Waals surface area contributed by atoms with E-state index < -0.39 is 24.5 Å². The third-order valence-corrected chi connectivity index (χ3v) is 2.89. The number of hydrogen-bond donors (Lipinski definition) is 2. The number of nitrogens with zero attached hydrogens (tertiary/aromatic N) is 3. The van der Waals surface area contributed by atoms with E-state index in [1.54, 1.807) is 6.07 Å². The van der Waals surface area contributed by atoms with Crippen molar-refractivity contribution in [1.82, 2.24) is 25.6 Å². The molecule has 0 bridgehead atoms. The van der Waals surface area contributed by atoms with Crippen molar-refractivity contribution in [3.8, 4) is 0 Å². The van der Waals surface area contributed by atoms with Crippen LogP contribution in [0, 0.1) is 6.92 Å². The molecule has 0 saturated carbocycles. The summed E-state index contributed by atoms with van der Waals surface area (Å²) < 4.78 is 37.7. The number of nitrogens with one attached hydrogen (secondary N) is 2. The number of hydrogen-bond acceptors (Lipinski definition) is 4. The molecule has 0 saturated heterocycles. The normalized spacial score (nSPS) is 11.1. The van der Waals surface area contributed by atoms with Crippen LogP contribution >= 0.6 is 0 Å². The van der Waals surface area contributed by atoms with Crippen molar-refractivity contribution < 1.29 is 22.8 Å². The van der Waals surface area contributed by atoms with Crippen molar-refractivity contribution in [3.05, 3.63) is 47.5 Å². The summed E-state index contributed by atoms with van der Waals surface area (Å²) in [7, 11) is 0. The van der Waals surface area contributed by atoms with Crippen LogP contribution < -0.4 is 10.9 Å². The number of hydrazine groups is 1. The van der Waals surface area contributed by atoms with Gasteiger partial charge in [-0.05, 0) is 19.1 Å². The monoisotopic (exact) mass is 327 g/mol. The van der Waals surface area contributed by atoms with Gasteiger partial charge in [-0.2, -0.15) is 18.3 Å². The van der Waals surface area contributed by atoms with Gasteiger partial charge >= 0.3 is 6.18 Å². The molecule has 0 fully saturated rings. The molecule has 0 spiro atoms. The van der Waals surface area contributed by atoms with Crippen molar-refractivity contribution in [1.29, 1.82) is 0 Å². The summed E-state index contributed by atoms with van der Waals surface area (Å²) >= 11 is 0. The fourth-order valence-electron chi connectivity index (χ4n) is 1.75. The quantitative estimate of drug-likeness (QED) is 0.830. The highest BCUT2D eigenvalue weighted by atomic mass is 19.4. The molecule has 122 valence electrons. The number of carbonyl (C=O) groups excluding carboxylic acids is 2. The molecular formula is C13H12F3N5O2. The van der Waals surface area contributed by atoms with Gasteiger partial charge < -0.3 is 0 Å². The Bertz CT molecular complexity index is 712. The summed E-state index contributed by atoms with van der Waals surface area (Å²) in [6.07, 6.45) is -0.659. The van der Waals surface area contributed by atoms with Gasteiger partial charge in [0.2, 0.25) is 0 Å². The molecule has 0 aliphatic heterocycles. The van der Waals surface area contributed by atoms with Gasteiger partial charge in [0.05, 0.1) is 17.3 Å². The molecule has 7 nitrogen and oxygen atoms in total. The number of pyridine rings is 1. The molecule has 23 heavy (non-hydrogen) atoms. The Morgan fingerprint density at radius 2 is 1.91 bits per heavy atom. The topological polar surface area (TPSA) is 88.9 Å². The first-order valence-electron chi connectivity index (χ1n) is 6.38. The van der Waals surface area contributed by atoms with Crippen LogP contribution in [0.5, 0.6) is 0 Å². The zero-order chi connectivity index (χ0) is 17.0. The summed E-state index contributed by atoms with van der Waals surface area (Å²) in [5.74, 6) is -1.38. The lowest BCUT2D eigenvalue weighted by molar-refractivity contribution is -0.142. The van der Waals surface area contributed by atoms with Gasteiger partial charge in [0.15, 0.2) is 0 Å². The van der Waals surface area contributed by atoms with Crippen LogP contribution in [0.1, 0.15) is 26.4 Å². The maximum Gasteiger partial charge on any atom is 0.408 e. The van der Waals surface area contributed by atoms with E-state index >= 15 is 0 Å². The third kappa shape index (κ3) is 4.28. The lowest BCUT2D eigenvalue weighted by Gasteiger charge is -2.09. The Kier molecular flexibility index (Phi) is 4.63. The van der Waals surface area contributed by atoms with Gasteiger partial charge in [-0.1, -0.05) is 0 Å². The Morgan fingerprint density at radius 3 is 2.52 bits per heavy atom. The lowest BCUT2D eigenvalue weighted by atomic mass is 10.2. The fourth-order valence-corrected chi connectivity index (χ4v) is 1.75. The van der Waals surface area contributed by atoms with Gasteiger partial charge in [0.1, 0.15) is 6.54 Å². The zero-order valence-corrected chi connectivity index (χ0v) is 11.9. The van der Waals surface area contributed by atoms with Crippen LogP contribution in [-0.4, -0.2) is 32.8 Å². The molecule has 2 amide bonds. The number of carbonyl (C=O) groups is 2. The van der Waals surface area contributed by atoms with Crippen molar-refractivity contribution in [2.45, 2.75) is 19.6 Å². The summed E-state index contributed by atoms with van der Waals surface area (Å²) in [4.78, 5) is 27.4. The number of halogens is 3. The van der Waals surface area contributed by atoms with Crippen LogP contribution in [0.2, 0.25) is 0 Å². The zero-order valence-electron chi connectivity index (χ0n) is 11.9. The van der Waals surface area contributed by atoms with E-state index in [9.17, 15) is 22.8 Å². The van der Waals surface area contributed by atoms with Crippen molar-refractivity contribution in [3.63, 3.8) is 0 Å². The summed E-state index contributed by atoms with van der Waals surface area (Å²) in [5.41, 5.74) is 4.45. The fraction of sp³-hybridized carbons (Fsp3) is 0.231. The first-order valence-corrected chi connectivity index (χ1v) is 6.38. The van der Waals surface area contributed by atoms with Crippen LogP contribution in [0.25, 0.3) is 0 Å². The summed E-state index contributed by atoms with van der Waals surface area (Å²) in [6.45, 7) is 0.0325. The molecule has 0 aliphatic carbocycles. The second kappa shape index (κ2) is 6.46. The standard InChI is InChI=1S/C13H12F3N5O2/c1-8-10(6-18-21(8)7-13(14,15)16)12(23)20-19-11(22)9-3-2-4-17-5-9/h2-6H,7H2,1H3,(H,19,22)(H,20,23). The molecule has 0 radical (unpaired) electrons. The van der Waals surface area contributed by atoms with Gasteiger partial charge in [-0.3, -0.25) is 30.1 Å². The minimum atomic E-state index is -4.45. The van der Waals surface area contributed by atoms with E-state index in [-0.39, 0.29) is 16.8 Å². The second-order valence-corrected chi connectivity index (χ2v) is 4.57. The molecule has 2 rings (SSSR count). The van der Waals surface area contributed by atoms with E-state index in [4.69, 9.17) is 0 Å². The molecule has 2 N–H and O–H groups in total. The van der Waals surface area contributed by atoms with Crippen molar-refractivity contribution in [2.24, 2.45) is 0 Å². The second-order valence-electron chi connectivity index (χ2n) is 4.57. The Morgan fingerprint density at radius 1 is 1.22 bits per heavy atom. The molecule has 0 aromatic carbocycles. The number of alkyl halides is 3. The van der Waals surface area contributed by atoms with Gasteiger partial charge in [0.25, 0.3) is 11.8 Å². The van der Waals surface area contributed by atoms with E-state index in [2.05, 4.69) is 20.9 Å². The van der Waals surface area contributed by atoms with Crippen molar-refractivity contribution >= 4 is 11.8 Å². The minimum Gasteiger partial charge on any atom is -0.267 e. The smallest absolute Gasteiger partial charge is 0.267 e. The lowest BCUT2D eigenvalue weighted by Crippen LogP contribution is -2.41. The summed E-state index contributed by atoms with van der Waals surface area (Å²) in [6, 6.07) is 3.03. The highest BCUT2D eigenvalue weighted by Crippen LogP contribution is 2.19. The SMILES string of the molecule is Cc1c(C(=O)NNC(=O)c2cccnc2)cnn1CC(F)(F)F. The number of aromatic nitrogens is 3. The first-order chi connectivity index (χ1) is 10.8. The van der Waals surface area contributed by atoms with E-state index in [0.29, 0.717) is 4.68 Å². The summed E-state index contributed by atoms with van der Waals surface area (Å²) in [5, 5.41) is 3.52. The molecule has 10 heteroatoms.